The summed E-state index contributed by atoms with van der Waals surface area (Å²) >= 11 is 0. The Hall–Kier alpha value is -1.02. The molecule has 0 saturated carbocycles. The van der Waals surface area contributed by atoms with E-state index in [2.05, 4.69) is 44.3 Å². The number of aryl methyl sites for hydroxylation is 2. The van der Waals surface area contributed by atoms with Crippen molar-refractivity contribution in [2.45, 2.75) is 27.2 Å². The van der Waals surface area contributed by atoms with Crippen LogP contribution in [0.2, 0.25) is 0 Å². The van der Waals surface area contributed by atoms with Gasteiger partial charge in [-0.15, -0.1) is 0 Å². The summed E-state index contributed by atoms with van der Waals surface area (Å²) in [5, 5.41) is 3.39. The van der Waals surface area contributed by atoms with Crippen LogP contribution in [0.25, 0.3) is 0 Å². The Morgan fingerprint density at radius 3 is 2.73 bits per heavy atom. The first-order valence-electron chi connectivity index (χ1n) is 5.63. The first kappa shape index (κ1) is 12.1. The highest BCUT2D eigenvalue weighted by Gasteiger charge is 1.97. The largest absolute Gasteiger partial charge is 0.383 e. The van der Waals surface area contributed by atoms with Gasteiger partial charge in [-0.2, -0.15) is 0 Å². The summed E-state index contributed by atoms with van der Waals surface area (Å²) in [5.74, 6) is 0. The molecule has 2 heteroatoms. The first-order chi connectivity index (χ1) is 7.24. The van der Waals surface area contributed by atoms with Gasteiger partial charge in [0.05, 0.1) is 6.61 Å². The third-order valence-corrected chi connectivity index (χ3v) is 2.30. The molecule has 0 unspecified atom stereocenters. The molecular formula is C13H21NO. The molecule has 0 aliphatic carbocycles. The summed E-state index contributed by atoms with van der Waals surface area (Å²) in [6.07, 6.45) is 1.09. The zero-order chi connectivity index (χ0) is 11.1. The maximum absolute atomic E-state index is 5.41. The van der Waals surface area contributed by atoms with E-state index in [1.807, 2.05) is 0 Å². The highest BCUT2D eigenvalue weighted by Crippen LogP contribution is 2.15. The quantitative estimate of drug-likeness (QED) is 0.724. The molecule has 2 nitrogen and oxygen atoms in total. The minimum atomic E-state index is 0.779. The maximum Gasteiger partial charge on any atom is 0.0639 e. The molecule has 0 aliphatic heterocycles. The van der Waals surface area contributed by atoms with Crippen LogP contribution in [0.3, 0.4) is 0 Å². The number of hydrogen-bond donors (Lipinski definition) is 1. The van der Waals surface area contributed by atoms with Gasteiger partial charge in [0, 0.05) is 18.8 Å². The Morgan fingerprint density at radius 1 is 1.20 bits per heavy atom. The lowest BCUT2D eigenvalue weighted by Gasteiger charge is -2.10. The molecule has 0 aliphatic rings. The van der Waals surface area contributed by atoms with Crippen LogP contribution in [0.4, 0.5) is 5.69 Å². The molecule has 0 heterocycles. The van der Waals surface area contributed by atoms with Crippen LogP contribution in [0.5, 0.6) is 0 Å². The maximum atomic E-state index is 5.41. The van der Waals surface area contributed by atoms with Gasteiger partial charge in [-0.3, -0.25) is 0 Å². The first-order valence-corrected chi connectivity index (χ1v) is 5.63. The fourth-order valence-electron chi connectivity index (χ4n) is 1.43. The average Bonchev–Trinajstić information content (AvgIpc) is 2.23. The van der Waals surface area contributed by atoms with Crippen molar-refractivity contribution in [2.24, 2.45) is 0 Å². The molecule has 0 spiro atoms. The summed E-state index contributed by atoms with van der Waals surface area (Å²) in [4.78, 5) is 0. The number of hydrogen-bond acceptors (Lipinski definition) is 2. The van der Waals surface area contributed by atoms with Gasteiger partial charge in [0.25, 0.3) is 0 Å². The van der Waals surface area contributed by atoms with Gasteiger partial charge in [-0.05, 0) is 37.5 Å². The second kappa shape index (κ2) is 6.46. The smallest absolute Gasteiger partial charge is 0.0639 e. The Kier molecular flexibility index (Phi) is 5.19. The molecule has 0 fully saturated rings. The van der Waals surface area contributed by atoms with E-state index >= 15 is 0 Å². The van der Waals surface area contributed by atoms with Crippen molar-refractivity contribution in [1.82, 2.24) is 0 Å². The van der Waals surface area contributed by atoms with Crippen molar-refractivity contribution in [1.29, 1.82) is 0 Å². The molecule has 0 bridgehead atoms. The van der Waals surface area contributed by atoms with Crippen LogP contribution in [-0.4, -0.2) is 19.8 Å². The molecule has 0 radical (unpaired) electrons. The fourth-order valence-corrected chi connectivity index (χ4v) is 1.43. The van der Waals surface area contributed by atoms with E-state index in [9.17, 15) is 0 Å². The van der Waals surface area contributed by atoms with E-state index in [0.29, 0.717) is 0 Å². The summed E-state index contributed by atoms with van der Waals surface area (Å²) < 4.78 is 5.41. The highest BCUT2D eigenvalue weighted by molar-refractivity contribution is 5.52. The van der Waals surface area contributed by atoms with Crippen LogP contribution in [0.15, 0.2) is 18.2 Å². The number of rotatable bonds is 6. The van der Waals surface area contributed by atoms with E-state index in [4.69, 9.17) is 4.74 Å². The Balaban J connectivity index is 2.33. The average molecular weight is 207 g/mol. The number of nitrogens with one attached hydrogen (secondary N) is 1. The van der Waals surface area contributed by atoms with Gasteiger partial charge < -0.3 is 10.1 Å². The highest BCUT2D eigenvalue weighted by atomic mass is 16.5. The third-order valence-electron chi connectivity index (χ3n) is 2.30. The SMILES string of the molecule is CCCOCCNc1cc(C)ccc1C. The Morgan fingerprint density at radius 2 is 2.00 bits per heavy atom. The predicted octanol–water partition coefficient (Wildman–Crippen LogP) is 3.14. The van der Waals surface area contributed by atoms with E-state index in [1.54, 1.807) is 0 Å². The summed E-state index contributed by atoms with van der Waals surface area (Å²) in [6.45, 7) is 8.87. The molecular weight excluding hydrogens is 186 g/mol. The monoisotopic (exact) mass is 207 g/mol. The molecule has 0 aromatic heterocycles. The lowest BCUT2D eigenvalue weighted by Crippen LogP contribution is -2.10. The van der Waals surface area contributed by atoms with E-state index in [1.165, 1.54) is 16.8 Å². The van der Waals surface area contributed by atoms with E-state index in [0.717, 1.165) is 26.2 Å². The van der Waals surface area contributed by atoms with Crippen molar-refractivity contribution < 1.29 is 4.74 Å². The molecule has 15 heavy (non-hydrogen) atoms. The van der Waals surface area contributed by atoms with Crippen molar-refractivity contribution in [2.75, 3.05) is 25.1 Å². The topological polar surface area (TPSA) is 21.3 Å². The predicted molar refractivity (Wildman–Crippen MR) is 65.5 cm³/mol. The molecule has 0 atom stereocenters. The van der Waals surface area contributed by atoms with Crippen molar-refractivity contribution in [3.05, 3.63) is 29.3 Å². The van der Waals surface area contributed by atoms with Crippen LogP contribution in [0.1, 0.15) is 24.5 Å². The third kappa shape index (κ3) is 4.34. The molecule has 84 valence electrons. The second-order valence-corrected chi connectivity index (χ2v) is 3.86. The lowest BCUT2D eigenvalue weighted by molar-refractivity contribution is 0.144. The summed E-state index contributed by atoms with van der Waals surface area (Å²) in [7, 11) is 0. The van der Waals surface area contributed by atoms with Gasteiger partial charge in [0.15, 0.2) is 0 Å². The van der Waals surface area contributed by atoms with Crippen molar-refractivity contribution in [3.8, 4) is 0 Å². The zero-order valence-corrected chi connectivity index (χ0v) is 9.97. The van der Waals surface area contributed by atoms with Gasteiger partial charge >= 0.3 is 0 Å². The molecule has 0 amide bonds. The van der Waals surface area contributed by atoms with Crippen molar-refractivity contribution in [3.63, 3.8) is 0 Å². The van der Waals surface area contributed by atoms with E-state index < -0.39 is 0 Å². The van der Waals surface area contributed by atoms with Gasteiger partial charge in [-0.25, -0.2) is 0 Å². The van der Waals surface area contributed by atoms with Crippen LogP contribution >= 0.6 is 0 Å². The molecule has 0 saturated heterocycles. The Bertz CT molecular complexity index is 297. The van der Waals surface area contributed by atoms with Crippen LogP contribution in [-0.2, 0) is 4.74 Å². The summed E-state index contributed by atoms with van der Waals surface area (Å²) in [6, 6.07) is 6.45. The van der Waals surface area contributed by atoms with Crippen LogP contribution in [0, 0.1) is 13.8 Å². The standard InChI is InChI=1S/C13H21NO/c1-4-8-15-9-7-14-13-10-11(2)5-6-12(13)3/h5-6,10,14H,4,7-9H2,1-3H3. The van der Waals surface area contributed by atoms with Gasteiger partial charge in [0.1, 0.15) is 0 Å². The minimum absolute atomic E-state index is 0.779. The lowest BCUT2D eigenvalue weighted by atomic mass is 10.1. The Labute approximate surface area is 92.6 Å². The zero-order valence-electron chi connectivity index (χ0n) is 9.97. The minimum Gasteiger partial charge on any atom is -0.383 e. The van der Waals surface area contributed by atoms with Gasteiger partial charge in [0.2, 0.25) is 0 Å². The van der Waals surface area contributed by atoms with E-state index in [-0.39, 0.29) is 0 Å². The molecule has 1 aromatic rings. The second-order valence-electron chi connectivity index (χ2n) is 3.86. The summed E-state index contributed by atoms with van der Waals surface area (Å²) in [5.41, 5.74) is 3.80. The molecule has 1 rings (SSSR count). The number of anilines is 1. The number of benzene rings is 1. The van der Waals surface area contributed by atoms with Crippen LogP contribution < -0.4 is 5.32 Å². The van der Waals surface area contributed by atoms with Crippen molar-refractivity contribution >= 4 is 5.69 Å². The molecule has 1 aromatic carbocycles. The van der Waals surface area contributed by atoms with Gasteiger partial charge in [-0.1, -0.05) is 19.1 Å². The number of ether oxygens (including phenoxy) is 1. The normalized spacial score (nSPS) is 10.3. The molecule has 1 N–H and O–H groups in total. The fraction of sp³-hybridized carbons (Fsp3) is 0.538.